The lowest BCUT2D eigenvalue weighted by molar-refractivity contribution is -0.131. The van der Waals surface area contributed by atoms with E-state index in [4.69, 9.17) is 5.73 Å². The number of amides is 2. The van der Waals surface area contributed by atoms with Crippen LogP contribution in [-0.4, -0.2) is 42.9 Å². The molecule has 1 saturated heterocycles. The van der Waals surface area contributed by atoms with Crippen LogP contribution in [0.5, 0.6) is 0 Å². The number of halogens is 1. The van der Waals surface area contributed by atoms with Gasteiger partial charge in [-0.15, -0.1) is 12.4 Å². The van der Waals surface area contributed by atoms with E-state index in [0.29, 0.717) is 19.5 Å². The molecule has 0 aromatic heterocycles. The topological polar surface area (TPSA) is 75.4 Å². The highest BCUT2D eigenvalue weighted by atomic mass is 35.5. The number of nitrogens with two attached hydrogens (primary N) is 1. The van der Waals surface area contributed by atoms with Crippen LogP contribution in [0.15, 0.2) is 0 Å². The van der Waals surface area contributed by atoms with Crippen LogP contribution >= 0.6 is 12.4 Å². The first-order valence-electron chi connectivity index (χ1n) is 6.32. The number of carbonyl (C=O) groups excluding carboxylic acids is 2. The number of nitrogens with one attached hydrogen (secondary N) is 1. The Labute approximate surface area is 114 Å². The van der Waals surface area contributed by atoms with Crippen LogP contribution in [0.25, 0.3) is 0 Å². The molecule has 0 spiro atoms. The van der Waals surface area contributed by atoms with Gasteiger partial charge in [0, 0.05) is 26.6 Å². The lowest BCUT2D eigenvalue weighted by Crippen LogP contribution is -2.48. The first-order chi connectivity index (χ1) is 8.07. The smallest absolute Gasteiger partial charge is 0.227 e. The monoisotopic (exact) mass is 275 g/mol. The van der Waals surface area contributed by atoms with Crippen LogP contribution in [0.1, 0.15) is 32.1 Å². The molecule has 0 radical (unpaired) electrons. The van der Waals surface area contributed by atoms with Crippen molar-refractivity contribution in [2.24, 2.45) is 11.1 Å². The predicted octanol–water partition coefficient (Wildman–Crippen LogP) is 0.274. The lowest BCUT2D eigenvalue weighted by Gasteiger charge is -2.27. The summed E-state index contributed by atoms with van der Waals surface area (Å²) in [4.78, 5) is 25.3. The number of likely N-dealkylation sites (tertiary alicyclic amines) is 1. The van der Waals surface area contributed by atoms with Crippen molar-refractivity contribution >= 4 is 24.2 Å². The van der Waals surface area contributed by atoms with Crippen molar-refractivity contribution in [3.63, 3.8) is 0 Å². The maximum atomic E-state index is 12.2. The molecule has 2 amide bonds. The lowest BCUT2D eigenvalue weighted by atomic mass is 9.85. The van der Waals surface area contributed by atoms with Gasteiger partial charge in [-0.2, -0.15) is 0 Å². The average molecular weight is 276 g/mol. The van der Waals surface area contributed by atoms with Crippen LogP contribution < -0.4 is 11.1 Å². The van der Waals surface area contributed by atoms with Crippen molar-refractivity contribution in [1.82, 2.24) is 10.2 Å². The van der Waals surface area contributed by atoms with Gasteiger partial charge in [0.25, 0.3) is 0 Å². The van der Waals surface area contributed by atoms with Gasteiger partial charge in [0.1, 0.15) is 0 Å². The zero-order valence-electron chi connectivity index (χ0n) is 10.8. The van der Waals surface area contributed by atoms with Gasteiger partial charge in [-0.05, 0) is 12.8 Å². The van der Waals surface area contributed by atoms with E-state index in [-0.39, 0.29) is 35.7 Å². The van der Waals surface area contributed by atoms with Gasteiger partial charge >= 0.3 is 0 Å². The Morgan fingerprint density at radius 1 is 1.50 bits per heavy atom. The van der Waals surface area contributed by atoms with Gasteiger partial charge in [-0.3, -0.25) is 9.59 Å². The molecule has 2 rings (SSSR count). The van der Waals surface area contributed by atoms with E-state index < -0.39 is 0 Å². The highest BCUT2D eigenvalue weighted by Gasteiger charge is 2.41. The van der Waals surface area contributed by atoms with Crippen molar-refractivity contribution < 1.29 is 9.59 Å². The van der Waals surface area contributed by atoms with E-state index >= 15 is 0 Å². The van der Waals surface area contributed by atoms with Crippen molar-refractivity contribution in [1.29, 1.82) is 0 Å². The molecule has 3 N–H and O–H groups in total. The molecule has 6 heteroatoms. The predicted molar refractivity (Wildman–Crippen MR) is 71.4 cm³/mol. The van der Waals surface area contributed by atoms with Crippen molar-refractivity contribution in [3.8, 4) is 0 Å². The fourth-order valence-corrected chi connectivity index (χ4v) is 2.87. The first kappa shape index (κ1) is 15.2. The molecule has 1 atom stereocenters. The standard InChI is InChI=1S/C12H21N3O2.ClH/c1-15-7-9(6-10(15)16)14-11(17)12(8-13)4-2-3-5-12;/h9H,2-8,13H2,1H3,(H,14,17);1H. The summed E-state index contributed by atoms with van der Waals surface area (Å²) in [6.07, 6.45) is 4.34. The molecule has 2 aliphatic rings. The van der Waals surface area contributed by atoms with E-state index in [1.54, 1.807) is 11.9 Å². The molecule has 0 aromatic rings. The minimum Gasteiger partial charge on any atom is -0.351 e. The largest absolute Gasteiger partial charge is 0.351 e. The number of hydrogen-bond donors (Lipinski definition) is 2. The summed E-state index contributed by atoms with van der Waals surface area (Å²) >= 11 is 0. The van der Waals surface area contributed by atoms with E-state index in [1.165, 1.54) is 0 Å². The Hall–Kier alpha value is -0.810. The summed E-state index contributed by atoms with van der Waals surface area (Å²) in [5.74, 6) is 0.147. The number of nitrogens with zero attached hydrogens (tertiary/aromatic N) is 1. The van der Waals surface area contributed by atoms with E-state index in [1.807, 2.05) is 0 Å². The Bertz CT molecular complexity index is 329. The molecule has 1 aliphatic carbocycles. The SMILES string of the molecule is CN1CC(NC(=O)C2(CN)CCCC2)CC1=O.Cl. The minimum atomic E-state index is -0.371. The molecule has 1 saturated carbocycles. The third-order valence-corrected chi connectivity index (χ3v) is 4.11. The molecule has 1 unspecified atom stereocenters. The van der Waals surface area contributed by atoms with Gasteiger partial charge < -0.3 is 16.0 Å². The van der Waals surface area contributed by atoms with Crippen molar-refractivity contribution in [3.05, 3.63) is 0 Å². The number of hydrogen-bond acceptors (Lipinski definition) is 3. The summed E-state index contributed by atoms with van der Waals surface area (Å²) in [5.41, 5.74) is 5.39. The summed E-state index contributed by atoms with van der Waals surface area (Å²) in [6.45, 7) is 1.03. The maximum Gasteiger partial charge on any atom is 0.227 e. The van der Waals surface area contributed by atoms with E-state index in [0.717, 1.165) is 25.7 Å². The fourth-order valence-electron chi connectivity index (χ4n) is 2.87. The maximum absolute atomic E-state index is 12.2. The third kappa shape index (κ3) is 2.78. The average Bonchev–Trinajstić information content (AvgIpc) is 2.88. The second-order valence-corrected chi connectivity index (χ2v) is 5.34. The third-order valence-electron chi connectivity index (χ3n) is 4.11. The van der Waals surface area contributed by atoms with Crippen LogP contribution in [-0.2, 0) is 9.59 Å². The highest BCUT2D eigenvalue weighted by Crippen LogP contribution is 2.37. The van der Waals surface area contributed by atoms with Crippen molar-refractivity contribution in [2.45, 2.75) is 38.1 Å². The molecular formula is C12H22ClN3O2. The molecule has 1 aliphatic heterocycles. The number of rotatable bonds is 3. The fraction of sp³-hybridized carbons (Fsp3) is 0.833. The molecule has 0 aromatic carbocycles. The molecule has 5 nitrogen and oxygen atoms in total. The molecule has 2 fully saturated rings. The molecule has 104 valence electrons. The molecule has 1 heterocycles. The Kier molecular flexibility index (Phi) is 4.99. The van der Waals surface area contributed by atoms with E-state index in [2.05, 4.69) is 5.32 Å². The zero-order valence-corrected chi connectivity index (χ0v) is 11.6. The van der Waals surface area contributed by atoms with Gasteiger partial charge in [0.2, 0.25) is 11.8 Å². The van der Waals surface area contributed by atoms with Gasteiger partial charge in [-0.1, -0.05) is 12.8 Å². The van der Waals surface area contributed by atoms with Crippen molar-refractivity contribution in [2.75, 3.05) is 20.1 Å². The first-order valence-corrected chi connectivity index (χ1v) is 6.32. The van der Waals surface area contributed by atoms with Gasteiger partial charge in [-0.25, -0.2) is 0 Å². The summed E-state index contributed by atoms with van der Waals surface area (Å²) in [6, 6.07) is -0.0379. The summed E-state index contributed by atoms with van der Waals surface area (Å²) in [7, 11) is 1.77. The second-order valence-electron chi connectivity index (χ2n) is 5.34. The Morgan fingerprint density at radius 2 is 2.11 bits per heavy atom. The van der Waals surface area contributed by atoms with Gasteiger partial charge in [0.15, 0.2) is 0 Å². The minimum absolute atomic E-state index is 0. The molecular weight excluding hydrogens is 254 g/mol. The zero-order chi connectivity index (χ0) is 12.5. The van der Waals surface area contributed by atoms with Gasteiger partial charge in [0.05, 0.1) is 11.5 Å². The summed E-state index contributed by atoms with van der Waals surface area (Å²) < 4.78 is 0. The van der Waals surface area contributed by atoms with Crippen LogP contribution in [0.2, 0.25) is 0 Å². The van der Waals surface area contributed by atoms with Crippen LogP contribution in [0.3, 0.4) is 0 Å². The Balaban J connectivity index is 0.00000162. The molecule has 0 bridgehead atoms. The molecule has 18 heavy (non-hydrogen) atoms. The summed E-state index contributed by atoms with van der Waals surface area (Å²) in [5, 5.41) is 2.99. The van der Waals surface area contributed by atoms with E-state index in [9.17, 15) is 9.59 Å². The van der Waals surface area contributed by atoms with Crippen LogP contribution in [0, 0.1) is 5.41 Å². The second kappa shape index (κ2) is 5.89. The Morgan fingerprint density at radius 3 is 2.56 bits per heavy atom. The van der Waals surface area contributed by atoms with Crippen LogP contribution in [0.4, 0.5) is 0 Å². The number of likely N-dealkylation sites (N-methyl/N-ethyl adjacent to an activating group) is 1. The number of carbonyl (C=O) groups is 2. The normalized spacial score (nSPS) is 26.0. The quantitative estimate of drug-likeness (QED) is 0.777. The highest BCUT2D eigenvalue weighted by molar-refractivity contribution is 5.86.